The minimum Gasteiger partial charge on any atom is -0.317 e. The van der Waals surface area contributed by atoms with Crippen molar-refractivity contribution in [2.45, 2.75) is 18.9 Å². The Balaban J connectivity index is 1.80. The van der Waals surface area contributed by atoms with Gasteiger partial charge in [-0.05, 0) is 48.8 Å². The standard InChI is InChI=1S/C21H20N4/c1-2-7-17-15(5-1)6-3-8-18(17)20-24-19-9-4-12-23-21(19)25(20)16-10-13-22-14-11-16/h1-9,12,16,22H,10-11,13-14H2. The van der Waals surface area contributed by atoms with Gasteiger partial charge in [-0.2, -0.15) is 0 Å². The van der Waals surface area contributed by atoms with Crippen LogP contribution in [0.3, 0.4) is 0 Å². The number of benzene rings is 2. The van der Waals surface area contributed by atoms with Crippen LogP contribution in [-0.2, 0) is 0 Å². The number of nitrogens with one attached hydrogen (secondary N) is 1. The van der Waals surface area contributed by atoms with Gasteiger partial charge >= 0.3 is 0 Å². The second-order valence-corrected chi connectivity index (χ2v) is 6.66. The molecule has 0 unspecified atom stereocenters. The van der Waals surface area contributed by atoms with Crippen LogP contribution < -0.4 is 5.32 Å². The minimum atomic E-state index is 0.440. The van der Waals surface area contributed by atoms with Crippen molar-refractivity contribution >= 4 is 21.9 Å². The van der Waals surface area contributed by atoms with Crippen molar-refractivity contribution in [2.24, 2.45) is 0 Å². The maximum Gasteiger partial charge on any atom is 0.160 e. The minimum absolute atomic E-state index is 0.440. The average molecular weight is 328 g/mol. The Morgan fingerprint density at radius 1 is 0.920 bits per heavy atom. The zero-order chi connectivity index (χ0) is 16.6. The van der Waals surface area contributed by atoms with E-state index in [1.54, 1.807) is 0 Å². The average Bonchev–Trinajstić information content (AvgIpc) is 3.07. The smallest absolute Gasteiger partial charge is 0.160 e. The first kappa shape index (κ1) is 14.6. The molecule has 3 heterocycles. The van der Waals surface area contributed by atoms with Crippen molar-refractivity contribution in [3.05, 3.63) is 60.8 Å². The summed E-state index contributed by atoms with van der Waals surface area (Å²) >= 11 is 0. The molecule has 4 nitrogen and oxygen atoms in total. The van der Waals surface area contributed by atoms with Crippen LogP contribution >= 0.6 is 0 Å². The van der Waals surface area contributed by atoms with Gasteiger partial charge < -0.3 is 9.88 Å². The van der Waals surface area contributed by atoms with Crippen molar-refractivity contribution in [1.29, 1.82) is 0 Å². The number of nitrogens with zero attached hydrogens (tertiary/aromatic N) is 3. The van der Waals surface area contributed by atoms with Gasteiger partial charge in [-0.1, -0.05) is 42.5 Å². The fourth-order valence-corrected chi connectivity index (χ4v) is 3.95. The third-order valence-corrected chi connectivity index (χ3v) is 5.15. The fraction of sp³-hybridized carbons (Fsp3) is 0.238. The first-order valence-electron chi connectivity index (χ1n) is 8.93. The number of aromatic nitrogens is 3. The van der Waals surface area contributed by atoms with Crippen LogP contribution in [0.4, 0.5) is 0 Å². The number of piperidine rings is 1. The summed E-state index contributed by atoms with van der Waals surface area (Å²) in [4.78, 5) is 9.65. The molecule has 1 aliphatic rings. The summed E-state index contributed by atoms with van der Waals surface area (Å²) in [5.74, 6) is 1.04. The van der Waals surface area contributed by atoms with E-state index in [1.807, 2.05) is 12.3 Å². The van der Waals surface area contributed by atoms with Gasteiger partial charge in [-0.15, -0.1) is 0 Å². The summed E-state index contributed by atoms with van der Waals surface area (Å²) in [7, 11) is 0. The maximum atomic E-state index is 4.99. The second-order valence-electron chi connectivity index (χ2n) is 6.66. The third kappa shape index (κ3) is 2.41. The highest BCUT2D eigenvalue weighted by atomic mass is 15.2. The summed E-state index contributed by atoms with van der Waals surface area (Å²) in [6.07, 6.45) is 4.09. The Morgan fingerprint density at radius 3 is 2.68 bits per heavy atom. The van der Waals surface area contributed by atoms with Crippen molar-refractivity contribution in [3.63, 3.8) is 0 Å². The number of pyridine rings is 1. The van der Waals surface area contributed by atoms with Gasteiger partial charge in [0.2, 0.25) is 0 Å². The monoisotopic (exact) mass is 328 g/mol. The molecule has 0 atom stereocenters. The molecule has 1 fully saturated rings. The molecule has 0 amide bonds. The Hall–Kier alpha value is -2.72. The Morgan fingerprint density at radius 2 is 1.76 bits per heavy atom. The lowest BCUT2D eigenvalue weighted by Crippen LogP contribution is -2.29. The van der Waals surface area contributed by atoms with Gasteiger partial charge in [-0.25, -0.2) is 9.97 Å². The van der Waals surface area contributed by atoms with Crippen LogP contribution in [0.5, 0.6) is 0 Å². The van der Waals surface area contributed by atoms with Gasteiger partial charge in [0.25, 0.3) is 0 Å². The predicted molar refractivity (Wildman–Crippen MR) is 102 cm³/mol. The third-order valence-electron chi connectivity index (χ3n) is 5.15. The number of hydrogen-bond donors (Lipinski definition) is 1. The van der Waals surface area contributed by atoms with Crippen molar-refractivity contribution < 1.29 is 0 Å². The summed E-state index contributed by atoms with van der Waals surface area (Å²) in [6, 6.07) is 19.5. The van der Waals surface area contributed by atoms with Crippen molar-refractivity contribution in [3.8, 4) is 11.4 Å². The van der Waals surface area contributed by atoms with E-state index in [-0.39, 0.29) is 0 Å². The quantitative estimate of drug-likeness (QED) is 0.600. The molecule has 0 spiro atoms. The normalized spacial score (nSPS) is 15.8. The second kappa shape index (κ2) is 5.97. The fourth-order valence-electron chi connectivity index (χ4n) is 3.95. The Kier molecular flexibility index (Phi) is 3.49. The topological polar surface area (TPSA) is 42.7 Å². The van der Waals surface area contributed by atoms with Crippen LogP contribution in [0.15, 0.2) is 60.8 Å². The molecular weight excluding hydrogens is 308 g/mol. The molecule has 0 saturated carbocycles. The highest BCUT2D eigenvalue weighted by Crippen LogP contribution is 2.34. The number of rotatable bonds is 2. The van der Waals surface area contributed by atoms with Gasteiger partial charge in [-0.3, -0.25) is 0 Å². The van der Waals surface area contributed by atoms with E-state index in [0.29, 0.717) is 6.04 Å². The summed E-state index contributed by atoms with van der Waals surface area (Å²) < 4.78 is 2.37. The Bertz CT molecular complexity index is 1040. The van der Waals surface area contributed by atoms with E-state index in [1.165, 1.54) is 16.3 Å². The molecule has 4 aromatic rings. The number of imidazole rings is 1. The van der Waals surface area contributed by atoms with E-state index >= 15 is 0 Å². The van der Waals surface area contributed by atoms with Gasteiger partial charge in [0.15, 0.2) is 5.65 Å². The lowest BCUT2D eigenvalue weighted by atomic mass is 10.0. The molecule has 2 aromatic carbocycles. The molecular formula is C21H20N4. The van der Waals surface area contributed by atoms with Crippen LogP contribution in [0.25, 0.3) is 33.3 Å². The van der Waals surface area contributed by atoms with Gasteiger partial charge in [0.1, 0.15) is 11.3 Å². The van der Waals surface area contributed by atoms with Crippen molar-refractivity contribution in [2.75, 3.05) is 13.1 Å². The molecule has 0 aliphatic carbocycles. The van der Waals surface area contributed by atoms with Gasteiger partial charge in [0, 0.05) is 17.8 Å². The molecule has 0 bridgehead atoms. The van der Waals surface area contributed by atoms with E-state index in [2.05, 4.69) is 63.4 Å². The van der Waals surface area contributed by atoms with Gasteiger partial charge in [0.05, 0.1) is 0 Å². The van der Waals surface area contributed by atoms with Crippen LogP contribution in [-0.4, -0.2) is 27.6 Å². The van der Waals surface area contributed by atoms with Crippen LogP contribution in [0.1, 0.15) is 18.9 Å². The van der Waals surface area contributed by atoms with E-state index in [0.717, 1.165) is 42.9 Å². The van der Waals surface area contributed by atoms with Crippen molar-refractivity contribution in [1.82, 2.24) is 19.9 Å². The molecule has 4 heteroatoms. The molecule has 2 aromatic heterocycles. The predicted octanol–water partition coefficient (Wildman–Crippen LogP) is 4.18. The zero-order valence-corrected chi connectivity index (χ0v) is 14.0. The summed E-state index contributed by atoms with van der Waals surface area (Å²) in [5, 5.41) is 5.95. The molecule has 1 aliphatic heterocycles. The van der Waals surface area contributed by atoms with Crippen LogP contribution in [0, 0.1) is 0 Å². The molecule has 25 heavy (non-hydrogen) atoms. The molecule has 124 valence electrons. The molecule has 5 rings (SSSR count). The lowest BCUT2D eigenvalue weighted by Gasteiger charge is -2.26. The highest BCUT2D eigenvalue weighted by Gasteiger charge is 2.23. The largest absolute Gasteiger partial charge is 0.317 e. The highest BCUT2D eigenvalue weighted by molar-refractivity contribution is 5.96. The lowest BCUT2D eigenvalue weighted by molar-refractivity contribution is 0.376. The first-order chi connectivity index (χ1) is 12.4. The summed E-state index contributed by atoms with van der Waals surface area (Å²) in [5.41, 5.74) is 3.16. The molecule has 1 saturated heterocycles. The first-order valence-corrected chi connectivity index (χ1v) is 8.93. The maximum absolute atomic E-state index is 4.99. The SMILES string of the molecule is c1ccc2c(-c3nc4cccnc4n3C3CCNCC3)cccc2c1. The van der Waals surface area contributed by atoms with E-state index in [4.69, 9.17) is 4.98 Å². The van der Waals surface area contributed by atoms with E-state index in [9.17, 15) is 0 Å². The Labute approximate surface area is 146 Å². The zero-order valence-electron chi connectivity index (χ0n) is 14.0. The summed E-state index contributed by atoms with van der Waals surface area (Å²) in [6.45, 7) is 2.10. The van der Waals surface area contributed by atoms with E-state index < -0.39 is 0 Å². The molecule has 0 radical (unpaired) electrons. The number of hydrogen-bond acceptors (Lipinski definition) is 3. The molecule has 1 N–H and O–H groups in total. The number of fused-ring (bicyclic) bond motifs is 2. The van der Waals surface area contributed by atoms with Crippen LogP contribution in [0.2, 0.25) is 0 Å².